The molecule has 0 N–H and O–H groups in total. The second-order valence-electron chi connectivity index (χ2n) is 5.85. The lowest BCUT2D eigenvalue weighted by Gasteiger charge is -2.31. The molecular weight excluding hydrogens is 264 g/mol. The van der Waals surface area contributed by atoms with Gasteiger partial charge in [0.1, 0.15) is 0 Å². The Morgan fingerprint density at radius 1 is 1.05 bits per heavy atom. The van der Waals surface area contributed by atoms with Crippen LogP contribution in [-0.2, 0) is 5.41 Å². The molecule has 0 amide bonds. The van der Waals surface area contributed by atoms with E-state index in [1.807, 2.05) is 12.1 Å². The van der Waals surface area contributed by atoms with Gasteiger partial charge in [-0.3, -0.25) is 0 Å². The molecule has 2 aromatic rings. The van der Waals surface area contributed by atoms with Gasteiger partial charge >= 0.3 is 0 Å². The molecule has 0 aromatic heterocycles. The Labute approximate surface area is 125 Å². The van der Waals surface area contributed by atoms with Gasteiger partial charge in [-0.25, -0.2) is 0 Å². The lowest BCUT2D eigenvalue weighted by Crippen LogP contribution is -2.29. The molecule has 0 fully saturated rings. The maximum atomic E-state index is 6.22. The Morgan fingerprint density at radius 2 is 1.65 bits per heavy atom. The quantitative estimate of drug-likeness (QED) is 0.630. The number of terminal acetylenes is 1. The van der Waals surface area contributed by atoms with Gasteiger partial charge in [0.2, 0.25) is 0 Å². The molecule has 1 aliphatic carbocycles. The van der Waals surface area contributed by atoms with Crippen molar-refractivity contribution < 1.29 is 0 Å². The van der Waals surface area contributed by atoms with Gasteiger partial charge in [0.05, 0.1) is 5.41 Å². The molecule has 2 aromatic carbocycles. The van der Waals surface area contributed by atoms with Crippen molar-refractivity contribution in [2.75, 3.05) is 0 Å². The zero-order chi connectivity index (χ0) is 14.5. The van der Waals surface area contributed by atoms with Crippen LogP contribution in [0.5, 0.6) is 0 Å². The molecule has 0 bridgehead atoms. The summed E-state index contributed by atoms with van der Waals surface area (Å²) in [7, 11) is 0. The third-order valence-electron chi connectivity index (χ3n) is 4.39. The SMILES string of the molecule is C#CC1(C(C)C)c2cc(C)ccc2-c2ccc(Cl)cc21. The Hall–Kier alpha value is -1.71. The number of hydrogen-bond donors (Lipinski definition) is 0. The van der Waals surface area contributed by atoms with E-state index in [-0.39, 0.29) is 5.41 Å². The summed E-state index contributed by atoms with van der Waals surface area (Å²) < 4.78 is 0. The second-order valence-corrected chi connectivity index (χ2v) is 6.28. The summed E-state index contributed by atoms with van der Waals surface area (Å²) >= 11 is 6.22. The monoisotopic (exact) mass is 280 g/mol. The molecule has 1 unspecified atom stereocenters. The van der Waals surface area contributed by atoms with Crippen molar-refractivity contribution in [1.29, 1.82) is 0 Å². The first-order valence-electron chi connectivity index (χ1n) is 6.90. The van der Waals surface area contributed by atoms with Crippen LogP contribution in [0.25, 0.3) is 11.1 Å². The van der Waals surface area contributed by atoms with Gasteiger partial charge in [0, 0.05) is 5.02 Å². The lowest BCUT2D eigenvalue weighted by molar-refractivity contribution is 0.478. The van der Waals surface area contributed by atoms with Gasteiger partial charge in [-0.1, -0.05) is 61.2 Å². The maximum Gasteiger partial charge on any atom is 0.0844 e. The molecule has 0 nitrogen and oxygen atoms in total. The normalized spacial score (nSPS) is 19.6. The lowest BCUT2D eigenvalue weighted by atomic mass is 9.70. The standard InChI is InChI=1S/C19H17Cl/c1-5-19(12(2)3)17-10-13(4)6-8-15(17)16-9-7-14(20)11-18(16)19/h1,6-12H,2-4H3. The maximum absolute atomic E-state index is 6.22. The fourth-order valence-electron chi connectivity index (χ4n) is 3.39. The summed E-state index contributed by atoms with van der Waals surface area (Å²) in [4.78, 5) is 0. The summed E-state index contributed by atoms with van der Waals surface area (Å²) in [6.45, 7) is 6.47. The molecule has 0 heterocycles. The van der Waals surface area contributed by atoms with Gasteiger partial charge in [0.15, 0.2) is 0 Å². The fraction of sp³-hybridized carbons (Fsp3) is 0.263. The van der Waals surface area contributed by atoms with Crippen molar-refractivity contribution in [2.45, 2.75) is 26.2 Å². The van der Waals surface area contributed by atoms with E-state index in [0.717, 1.165) is 5.02 Å². The van der Waals surface area contributed by atoms with Crippen molar-refractivity contribution in [3.8, 4) is 23.5 Å². The third-order valence-corrected chi connectivity index (χ3v) is 4.63. The molecule has 1 atom stereocenters. The van der Waals surface area contributed by atoms with E-state index < -0.39 is 0 Å². The predicted octanol–water partition coefficient (Wildman–Crippen LogP) is 5.20. The average Bonchev–Trinajstić information content (AvgIpc) is 2.67. The van der Waals surface area contributed by atoms with Crippen LogP contribution in [0.1, 0.15) is 30.5 Å². The number of aryl methyl sites for hydroxylation is 1. The minimum Gasteiger partial charge on any atom is -0.119 e. The van der Waals surface area contributed by atoms with Gasteiger partial charge in [-0.15, -0.1) is 6.42 Å². The first-order chi connectivity index (χ1) is 9.50. The predicted molar refractivity (Wildman–Crippen MR) is 86.1 cm³/mol. The molecular formula is C19H17Cl. The molecule has 100 valence electrons. The third kappa shape index (κ3) is 1.57. The van der Waals surface area contributed by atoms with E-state index in [0.29, 0.717) is 5.92 Å². The van der Waals surface area contributed by atoms with E-state index in [1.165, 1.54) is 27.8 Å². The highest BCUT2D eigenvalue weighted by Crippen LogP contribution is 2.53. The van der Waals surface area contributed by atoms with Crippen molar-refractivity contribution in [1.82, 2.24) is 0 Å². The van der Waals surface area contributed by atoms with E-state index in [2.05, 4.69) is 51.0 Å². The van der Waals surface area contributed by atoms with Crippen LogP contribution in [0.15, 0.2) is 36.4 Å². The molecule has 0 saturated carbocycles. The van der Waals surface area contributed by atoms with Crippen molar-refractivity contribution in [2.24, 2.45) is 5.92 Å². The Morgan fingerprint density at radius 3 is 2.25 bits per heavy atom. The zero-order valence-electron chi connectivity index (χ0n) is 12.0. The second kappa shape index (κ2) is 4.40. The Bertz CT molecular complexity index is 680. The summed E-state index contributed by atoms with van der Waals surface area (Å²) in [5.74, 6) is 3.40. The molecule has 1 heteroatoms. The van der Waals surface area contributed by atoms with Gasteiger partial charge in [0.25, 0.3) is 0 Å². The van der Waals surface area contributed by atoms with Crippen LogP contribution in [0.2, 0.25) is 5.02 Å². The molecule has 0 saturated heterocycles. The molecule has 20 heavy (non-hydrogen) atoms. The number of benzene rings is 2. The summed E-state index contributed by atoms with van der Waals surface area (Å²) in [5.41, 5.74) is 5.74. The van der Waals surface area contributed by atoms with E-state index in [4.69, 9.17) is 18.0 Å². The highest BCUT2D eigenvalue weighted by Gasteiger charge is 2.44. The van der Waals surface area contributed by atoms with E-state index in [9.17, 15) is 0 Å². The topological polar surface area (TPSA) is 0 Å². The first-order valence-corrected chi connectivity index (χ1v) is 7.28. The summed E-state index contributed by atoms with van der Waals surface area (Å²) in [6.07, 6.45) is 6.01. The number of hydrogen-bond acceptors (Lipinski definition) is 0. The van der Waals surface area contributed by atoms with Crippen LogP contribution < -0.4 is 0 Å². The molecule has 3 rings (SSSR count). The van der Waals surface area contributed by atoms with Crippen LogP contribution in [-0.4, -0.2) is 0 Å². The largest absolute Gasteiger partial charge is 0.119 e. The molecule has 1 aliphatic rings. The van der Waals surface area contributed by atoms with E-state index in [1.54, 1.807) is 0 Å². The van der Waals surface area contributed by atoms with E-state index >= 15 is 0 Å². The number of rotatable bonds is 1. The van der Waals surface area contributed by atoms with Gasteiger partial charge < -0.3 is 0 Å². The molecule has 0 spiro atoms. The Kier molecular flexibility index (Phi) is 2.92. The van der Waals surface area contributed by atoms with Crippen molar-refractivity contribution in [3.05, 3.63) is 58.1 Å². The minimum absolute atomic E-state index is 0.313. The highest BCUT2D eigenvalue weighted by atomic mass is 35.5. The molecule has 0 radical (unpaired) electrons. The Balaban J connectivity index is 2.45. The van der Waals surface area contributed by atoms with Crippen LogP contribution in [0.3, 0.4) is 0 Å². The van der Waals surface area contributed by atoms with Crippen molar-refractivity contribution >= 4 is 11.6 Å². The van der Waals surface area contributed by atoms with Crippen molar-refractivity contribution in [3.63, 3.8) is 0 Å². The molecule has 0 aliphatic heterocycles. The highest BCUT2D eigenvalue weighted by molar-refractivity contribution is 6.30. The smallest absolute Gasteiger partial charge is 0.0844 e. The van der Waals surface area contributed by atoms with Gasteiger partial charge in [-0.05, 0) is 47.2 Å². The number of halogens is 1. The van der Waals surface area contributed by atoms with Gasteiger partial charge in [-0.2, -0.15) is 0 Å². The van der Waals surface area contributed by atoms with Crippen LogP contribution >= 0.6 is 11.6 Å². The summed E-state index contributed by atoms with van der Waals surface area (Å²) in [5, 5.41) is 0.744. The van der Waals surface area contributed by atoms with Crippen LogP contribution in [0.4, 0.5) is 0 Å². The first kappa shape index (κ1) is 13.3. The zero-order valence-corrected chi connectivity index (χ0v) is 12.8. The fourth-order valence-corrected chi connectivity index (χ4v) is 3.56. The minimum atomic E-state index is -0.373. The number of fused-ring (bicyclic) bond motifs is 3. The summed E-state index contributed by atoms with van der Waals surface area (Å²) in [6, 6.07) is 12.6. The average molecular weight is 281 g/mol. The van der Waals surface area contributed by atoms with Crippen LogP contribution in [0, 0.1) is 25.2 Å².